The number of aliphatic hydroxyl groups excluding tert-OH is 3. The van der Waals surface area contributed by atoms with E-state index in [9.17, 15) is 19.8 Å². The smallest absolute Gasteiger partial charge is 0.394 e. The Morgan fingerprint density at radius 1 is 1.28 bits per heavy atom. The first-order valence-corrected chi connectivity index (χ1v) is 8.15. The van der Waals surface area contributed by atoms with Crippen LogP contribution in [0.4, 0.5) is 0 Å². The molecule has 13 nitrogen and oxygen atoms in total. The maximum Gasteiger partial charge on any atom is 0.394 e. The van der Waals surface area contributed by atoms with Crippen LogP contribution in [0, 0.1) is 0 Å². The quantitative estimate of drug-likeness (QED) is 0.230. The normalized spacial score (nSPS) is 30.6. The Morgan fingerprint density at radius 3 is 2.12 bits per heavy atom. The highest BCUT2D eigenvalue weighted by Gasteiger charge is 2.46. The summed E-state index contributed by atoms with van der Waals surface area (Å²) in [5, 5.41) is 40.0. The molecule has 1 heterocycles. The van der Waals surface area contributed by atoms with Crippen LogP contribution in [0.5, 0.6) is 0 Å². The number of carbonyl (C=O) groups excluding carboxylic acids is 1. The van der Waals surface area contributed by atoms with Gasteiger partial charge in [-0.1, -0.05) is 0 Å². The number of aliphatic carboxylic acids is 1. The molecule has 1 aliphatic heterocycles. The van der Waals surface area contributed by atoms with Gasteiger partial charge in [-0.2, -0.15) is 8.42 Å². The van der Waals surface area contributed by atoms with E-state index in [0.717, 1.165) is 0 Å². The lowest BCUT2D eigenvalue weighted by Gasteiger charge is -2.42. The molecule has 1 rings (SSSR count). The SMILES string of the molecule is CC(=O)N[C@@H]1[C@@H](OC(C)C(=O)O)[C@H](O)[C@@H](CO)O[C@@H]1O.O=S(=O)(O)O. The zero-order valence-corrected chi connectivity index (χ0v) is 14.0. The number of carbonyl (C=O) groups is 2. The number of rotatable bonds is 5. The van der Waals surface area contributed by atoms with E-state index in [1.165, 1.54) is 13.8 Å². The second-order valence-corrected chi connectivity index (χ2v) is 5.89. The van der Waals surface area contributed by atoms with Crippen LogP contribution < -0.4 is 5.32 Å². The minimum Gasteiger partial charge on any atom is -0.479 e. The molecule has 7 N–H and O–H groups in total. The monoisotopic (exact) mass is 391 g/mol. The Hall–Kier alpha value is -1.39. The molecule has 0 aliphatic carbocycles. The first-order valence-electron chi connectivity index (χ1n) is 6.75. The van der Waals surface area contributed by atoms with Crippen LogP contribution in [0.2, 0.25) is 0 Å². The summed E-state index contributed by atoms with van der Waals surface area (Å²) >= 11 is 0. The van der Waals surface area contributed by atoms with E-state index in [0.29, 0.717) is 0 Å². The van der Waals surface area contributed by atoms with Crippen molar-refractivity contribution in [2.45, 2.75) is 50.6 Å². The van der Waals surface area contributed by atoms with Gasteiger partial charge in [0.05, 0.1) is 6.61 Å². The zero-order chi connectivity index (χ0) is 19.9. The van der Waals surface area contributed by atoms with Crippen LogP contribution in [0.15, 0.2) is 0 Å². The maximum atomic E-state index is 11.1. The fourth-order valence-corrected chi connectivity index (χ4v) is 1.93. The van der Waals surface area contributed by atoms with Gasteiger partial charge in [0.1, 0.15) is 24.4 Å². The van der Waals surface area contributed by atoms with Gasteiger partial charge < -0.3 is 35.2 Å². The molecule has 0 aromatic rings. The van der Waals surface area contributed by atoms with Crippen molar-refractivity contribution in [2.24, 2.45) is 0 Å². The molecular weight excluding hydrogens is 370 g/mol. The van der Waals surface area contributed by atoms with E-state index >= 15 is 0 Å². The number of nitrogens with one attached hydrogen (secondary N) is 1. The lowest BCUT2D eigenvalue weighted by molar-refractivity contribution is -0.267. The van der Waals surface area contributed by atoms with Crippen LogP contribution in [0.25, 0.3) is 0 Å². The molecule has 0 saturated carbocycles. The highest BCUT2D eigenvalue weighted by Crippen LogP contribution is 2.23. The molecule has 1 aliphatic rings. The third-order valence-electron chi connectivity index (χ3n) is 2.95. The van der Waals surface area contributed by atoms with Gasteiger partial charge >= 0.3 is 16.4 Å². The van der Waals surface area contributed by atoms with Gasteiger partial charge in [-0.15, -0.1) is 0 Å². The van der Waals surface area contributed by atoms with Crippen LogP contribution >= 0.6 is 0 Å². The Morgan fingerprint density at radius 2 is 1.76 bits per heavy atom. The second kappa shape index (κ2) is 9.93. The fraction of sp³-hybridized carbons (Fsp3) is 0.818. The highest BCUT2D eigenvalue weighted by atomic mass is 32.3. The van der Waals surface area contributed by atoms with Gasteiger partial charge in [0.25, 0.3) is 0 Å². The number of ether oxygens (including phenoxy) is 2. The summed E-state index contributed by atoms with van der Waals surface area (Å²) in [5.41, 5.74) is 0. The predicted molar refractivity (Wildman–Crippen MR) is 77.7 cm³/mol. The number of aliphatic hydroxyl groups is 3. The molecule has 25 heavy (non-hydrogen) atoms. The number of hydrogen-bond acceptors (Lipinski definition) is 9. The molecule has 0 aromatic heterocycles. The van der Waals surface area contributed by atoms with E-state index in [1.807, 2.05) is 0 Å². The molecule has 0 spiro atoms. The van der Waals surface area contributed by atoms with Gasteiger partial charge in [0.2, 0.25) is 5.91 Å². The van der Waals surface area contributed by atoms with Gasteiger partial charge in [0, 0.05) is 6.92 Å². The van der Waals surface area contributed by atoms with Crippen molar-refractivity contribution in [1.82, 2.24) is 5.32 Å². The van der Waals surface area contributed by atoms with Crippen LogP contribution in [-0.2, 0) is 29.5 Å². The summed E-state index contributed by atoms with van der Waals surface area (Å²) in [4.78, 5) is 21.9. The van der Waals surface area contributed by atoms with Gasteiger partial charge in [0.15, 0.2) is 12.4 Å². The standard InChI is InChI=1S/C11H19NO8.H2O4S/c1-4(10(16)17)19-9-7(12-5(2)14)11(18)20-6(3-13)8(9)15;1-5(2,3)4/h4,6-9,11,13,15,18H,3H2,1-2H3,(H,12,14)(H,16,17);(H2,1,2,3,4)/t4?,6-,7-,8-,9-,11+;/m1./s1. The Bertz CT molecular complexity index is 543. The predicted octanol–water partition coefficient (Wildman–Crippen LogP) is -3.23. The average molecular weight is 391 g/mol. The minimum absolute atomic E-state index is 0.510. The van der Waals surface area contributed by atoms with Crippen molar-refractivity contribution in [3.8, 4) is 0 Å². The van der Waals surface area contributed by atoms with Gasteiger partial charge in [-0.25, -0.2) is 4.79 Å². The maximum absolute atomic E-state index is 11.1. The Kier molecular flexibility index (Phi) is 9.38. The van der Waals surface area contributed by atoms with Gasteiger partial charge in [-0.3, -0.25) is 13.9 Å². The molecule has 0 bridgehead atoms. The lowest BCUT2D eigenvalue weighted by atomic mass is 9.96. The summed E-state index contributed by atoms with van der Waals surface area (Å²) in [6.07, 6.45) is -6.57. The van der Waals surface area contributed by atoms with Crippen molar-refractivity contribution in [1.29, 1.82) is 0 Å². The third kappa shape index (κ3) is 9.03. The zero-order valence-electron chi connectivity index (χ0n) is 13.2. The topological polar surface area (TPSA) is 220 Å². The van der Waals surface area contributed by atoms with E-state index in [1.54, 1.807) is 0 Å². The molecule has 1 saturated heterocycles. The number of hydrogen-bond donors (Lipinski definition) is 7. The van der Waals surface area contributed by atoms with Gasteiger partial charge in [-0.05, 0) is 6.92 Å². The van der Waals surface area contributed by atoms with Crippen molar-refractivity contribution >= 4 is 22.3 Å². The van der Waals surface area contributed by atoms with Crippen molar-refractivity contribution in [2.75, 3.05) is 6.61 Å². The van der Waals surface area contributed by atoms with Crippen molar-refractivity contribution in [3.05, 3.63) is 0 Å². The second-order valence-electron chi connectivity index (χ2n) is 4.99. The average Bonchev–Trinajstić information content (AvgIpc) is 2.43. The number of carboxylic acids is 1. The van der Waals surface area contributed by atoms with Crippen molar-refractivity contribution < 1.29 is 57.0 Å². The summed E-state index contributed by atoms with van der Waals surface area (Å²) in [5.74, 6) is -1.77. The molecule has 1 amide bonds. The van der Waals surface area contributed by atoms with Crippen LogP contribution in [0.1, 0.15) is 13.8 Å². The summed E-state index contributed by atoms with van der Waals surface area (Å²) in [6, 6.07) is -1.15. The highest BCUT2D eigenvalue weighted by molar-refractivity contribution is 7.79. The number of carboxylic acid groups (broad SMARTS) is 1. The first-order chi connectivity index (χ1) is 11.3. The molecule has 1 unspecified atom stereocenters. The van der Waals surface area contributed by atoms with E-state index in [2.05, 4.69) is 5.32 Å². The molecular formula is C11H21NO12S. The van der Waals surface area contributed by atoms with Crippen LogP contribution in [-0.4, -0.2) is 93.2 Å². The lowest BCUT2D eigenvalue weighted by Crippen LogP contribution is -2.65. The minimum atomic E-state index is -4.67. The van der Waals surface area contributed by atoms with Crippen molar-refractivity contribution in [3.63, 3.8) is 0 Å². The molecule has 6 atom stereocenters. The first kappa shape index (κ1) is 23.6. The molecule has 0 radical (unpaired) electrons. The Labute approximate surface area is 142 Å². The number of amides is 1. The third-order valence-corrected chi connectivity index (χ3v) is 2.95. The van der Waals surface area contributed by atoms with Crippen LogP contribution in [0.3, 0.4) is 0 Å². The molecule has 14 heteroatoms. The summed E-state index contributed by atoms with van der Waals surface area (Å²) in [7, 11) is -4.67. The summed E-state index contributed by atoms with van der Waals surface area (Å²) < 4.78 is 41.7. The Balaban J connectivity index is 0.00000101. The largest absolute Gasteiger partial charge is 0.479 e. The molecule has 1 fully saturated rings. The van der Waals surface area contributed by atoms with E-state index in [4.69, 9.17) is 37.2 Å². The van der Waals surface area contributed by atoms with E-state index < -0.39 is 65.6 Å². The molecule has 0 aromatic carbocycles. The fourth-order valence-electron chi connectivity index (χ4n) is 1.93. The molecule has 148 valence electrons. The summed E-state index contributed by atoms with van der Waals surface area (Å²) in [6.45, 7) is 1.84. The van der Waals surface area contributed by atoms with E-state index in [-0.39, 0.29) is 0 Å².